The Balaban J connectivity index is 1.93. The maximum absolute atomic E-state index is 13.2. The lowest BCUT2D eigenvalue weighted by Crippen LogP contribution is -2.37. The lowest BCUT2D eigenvalue weighted by molar-refractivity contribution is 0.0521. The molecule has 0 bridgehead atoms. The molecule has 1 aliphatic heterocycles. The first-order chi connectivity index (χ1) is 9.61. The van der Waals surface area contributed by atoms with Crippen molar-refractivity contribution in [2.45, 2.75) is 44.7 Å². The van der Waals surface area contributed by atoms with E-state index in [0.717, 1.165) is 12.8 Å². The summed E-state index contributed by atoms with van der Waals surface area (Å²) in [6.45, 7) is 1.95. The molecule has 0 radical (unpaired) electrons. The van der Waals surface area contributed by atoms with Gasteiger partial charge in [0.05, 0.1) is 12.8 Å². The molecule has 5 nitrogen and oxygen atoms in total. The summed E-state index contributed by atoms with van der Waals surface area (Å²) in [5.41, 5.74) is 0.239. The van der Waals surface area contributed by atoms with Gasteiger partial charge in [-0.1, -0.05) is 0 Å². The number of halogens is 2. The second-order valence-electron chi connectivity index (χ2n) is 5.30. The normalized spacial score (nSPS) is 25.2. The number of anilines is 1. The maximum Gasteiger partial charge on any atom is 0.343 e. The number of hydrogen-bond donors (Lipinski definition) is 1. The SMILES string of the molecule is CCOC(=O)c1cnn2c1N[C@H](C1CC1)C[C@@H]2C(F)F. The van der Waals surface area contributed by atoms with Crippen LogP contribution in [0.3, 0.4) is 0 Å². The predicted octanol–water partition coefficient (Wildman–Crippen LogP) is 2.46. The zero-order valence-corrected chi connectivity index (χ0v) is 11.2. The summed E-state index contributed by atoms with van der Waals surface area (Å²) in [6.07, 6.45) is 1.27. The van der Waals surface area contributed by atoms with Gasteiger partial charge in [-0.3, -0.25) is 0 Å². The van der Waals surface area contributed by atoms with Crippen LogP contribution in [0.4, 0.5) is 14.6 Å². The smallest absolute Gasteiger partial charge is 0.343 e. The minimum absolute atomic E-state index is 0.00798. The van der Waals surface area contributed by atoms with Gasteiger partial charge in [-0.2, -0.15) is 5.10 Å². The minimum Gasteiger partial charge on any atom is -0.462 e. The first-order valence-corrected chi connectivity index (χ1v) is 6.91. The number of aromatic nitrogens is 2. The molecule has 3 rings (SSSR count). The molecule has 1 saturated carbocycles. The van der Waals surface area contributed by atoms with E-state index in [4.69, 9.17) is 4.74 Å². The Morgan fingerprint density at radius 1 is 1.60 bits per heavy atom. The van der Waals surface area contributed by atoms with Crippen LogP contribution in [0.25, 0.3) is 0 Å². The molecule has 0 aromatic carbocycles. The number of ether oxygens (including phenoxy) is 1. The molecule has 2 aliphatic rings. The van der Waals surface area contributed by atoms with Crippen LogP contribution in [-0.4, -0.2) is 34.8 Å². The van der Waals surface area contributed by atoms with Crippen LogP contribution in [0.15, 0.2) is 6.20 Å². The second-order valence-corrected chi connectivity index (χ2v) is 5.30. The number of fused-ring (bicyclic) bond motifs is 1. The number of rotatable bonds is 4. The molecular weight excluding hydrogens is 268 g/mol. The van der Waals surface area contributed by atoms with Gasteiger partial charge in [-0.25, -0.2) is 18.3 Å². The molecule has 7 heteroatoms. The van der Waals surface area contributed by atoms with Crippen molar-refractivity contribution in [2.75, 3.05) is 11.9 Å². The number of nitrogens with zero attached hydrogens (tertiary/aromatic N) is 2. The molecule has 1 fully saturated rings. The summed E-state index contributed by atoms with van der Waals surface area (Å²) in [6, 6.07) is -0.980. The molecule has 0 amide bonds. The van der Waals surface area contributed by atoms with Crippen molar-refractivity contribution < 1.29 is 18.3 Å². The van der Waals surface area contributed by atoms with Gasteiger partial charge in [0.25, 0.3) is 6.43 Å². The van der Waals surface area contributed by atoms with Crippen molar-refractivity contribution in [3.05, 3.63) is 11.8 Å². The number of carbonyl (C=O) groups is 1. The van der Waals surface area contributed by atoms with E-state index < -0.39 is 18.4 Å². The Morgan fingerprint density at radius 3 is 2.95 bits per heavy atom. The summed E-state index contributed by atoms with van der Waals surface area (Å²) in [4.78, 5) is 11.8. The fourth-order valence-electron chi connectivity index (χ4n) is 2.73. The predicted molar refractivity (Wildman–Crippen MR) is 68.0 cm³/mol. The average Bonchev–Trinajstić information content (AvgIpc) is 3.17. The van der Waals surface area contributed by atoms with Crippen molar-refractivity contribution in [3.8, 4) is 0 Å². The standard InChI is InChI=1S/C13H17F2N3O2/c1-2-20-13(19)8-6-16-18-10(11(14)15)5-9(7-3-4-7)17-12(8)18/h6-7,9-11,17H,2-5H2,1H3/t9-,10+/m0/s1. The second kappa shape index (κ2) is 5.03. The molecule has 1 aromatic heterocycles. The van der Waals surface area contributed by atoms with Crippen molar-refractivity contribution in [1.82, 2.24) is 9.78 Å². The van der Waals surface area contributed by atoms with Crippen LogP contribution < -0.4 is 5.32 Å². The molecule has 1 aliphatic carbocycles. The molecule has 0 saturated heterocycles. The monoisotopic (exact) mass is 285 g/mol. The fraction of sp³-hybridized carbons (Fsp3) is 0.692. The number of nitrogens with one attached hydrogen (secondary N) is 1. The Hall–Kier alpha value is -1.66. The van der Waals surface area contributed by atoms with Gasteiger partial charge in [0.2, 0.25) is 0 Å². The van der Waals surface area contributed by atoms with Crippen LogP contribution in [0.5, 0.6) is 0 Å². The highest BCUT2D eigenvalue weighted by Crippen LogP contribution is 2.42. The van der Waals surface area contributed by atoms with E-state index in [0.29, 0.717) is 18.2 Å². The molecule has 2 heterocycles. The molecule has 20 heavy (non-hydrogen) atoms. The van der Waals surface area contributed by atoms with Crippen molar-refractivity contribution in [3.63, 3.8) is 0 Å². The van der Waals surface area contributed by atoms with Crippen molar-refractivity contribution in [2.24, 2.45) is 5.92 Å². The van der Waals surface area contributed by atoms with Crippen LogP contribution in [0, 0.1) is 5.92 Å². The summed E-state index contributed by atoms with van der Waals surface area (Å²) in [5, 5.41) is 7.15. The number of carbonyl (C=O) groups excluding carboxylic acids is 1. The fourth-order valence-corrected chi connectivity index (χ4v) is 2.73. The molecule has 1 aromatic rings. The summed E-state index contributed by atoms with van der Waals surface area (Å²) in [5.74, 6) is 0.276. The number of esters is 1. The number of hydrogen-bond acceptors (Lipinski definition) is 4. The highest BCUT2D eigenvalue weighted by molar-refractivity contribution is 5.94. The Morgan fingerprint density at radius 2 is 2.35 bits per heavy atom. The summed E-state index contributed by atoms with van der Waals surface area (Å²) >= 11 is 0. The highest BCUT2D eigenvalue weighted by Gasteiger charge is 2.41. The quantitative estimate of drug-likeness (QED) is 0.863. The summed E-state index contributed by atoms with van der Waals surface area (Å²) < 4.78 is 32.6. The van der Waals surface area contributed by atoms with E-state index in [9.17, 15) is 13.6 Å². The Bertz CT molecular complexity index is 514. The zero-order chi connectivity index (χ0) is 14.3. The van der Waals surface area contributed by atoms with Crippen LogP contribution in [0.2, 0.25) is 0 Å². The van der Waals surface area contributed by atoms with Gasteiger partial charge < -0.3 is 10.1 Å². The molecule has 110 valence electrons. The molecule has 0 unspecified atom stereocenters. The van der Waals surface area contributed by atoms with Crippen molar-refractivity contribution >= 4 is 11.8 Å². The molecule has 1 N–H and O–H groups in total. The van der Waals surface area contributed by atoms with Gasteiger partial charge in [0.1, 0.15) is 17.4 Å². The van der Waals surface area contributed by atoms with Crippen LogP contribution >= 0.6 is 0 Å². The largest absolute Gasteiger partial charge is 0.462 e. The molecule has 0 spiro atoms. The van der Waals surface area contributed by atoms with Gasteiger partial charge in [-0.15, -0.1) is 0 Å². The van der Waals surface area contributed by atoms with Crippen LogP contribution in [-0.2, 0) is 4.74 Å². The van der Waals surface area contributed by atoms with Gasteiger partial charge in [0.15, 0.2) is 0 Å². The zero-order valence-electron chi connectivity index (χ0n) is 11.2. The number of alkyl halides is 2. The summed E-state index contributed by atoms with van der Waals surface area (Å²) in [7, 11) is 0. The third-order valence-electron chi connectivity index (χ3n) is 3.90. The van der Waals surface area contributed by atoms with Gasteiger partial charge in [-0.05, 0) is 32.1 Å². The van der Waals surface area contributed by atoms with Gasteiger partial charge in [0, 0.05) is 6.04 Å². The van der Waals surface area contributed by atoms with E-state index in [2.05, 4.69) is 10.4 Å². The molecular formula is C13H17F2N3O2. The van der Waals surface area contributed by atoms with E-state index >= 15 is 0 Å². The average molecular weight is 285 g/mol. The lowest BCUT2D eigenvalue weighted by atomic mass is 10.0. The Labute approximate surface area is 115 Å². The van der Waals surface area contributed by atoms with Gasteiger partial charge >= 0.3 is 5.97 Å². The maximum atomic E-state index is 13.2. The highest BCUT2D eigenvalue weighted by atomic mass is 19.3. The van der Waals surface area contributed by atoms with Crippen LogP contribution in [0.1, 0.15) is 42.6 Å². The van der Waals surface area contributed by atoms with E-state index in [1.54, 1.807) is 6.92 Å². The van der Waals surface area contributed by atoms with E-state index in [1.807, 2.05) is 0 Å². The molecule has 2 atom stereocenters. The van der Waals surface area contributed by atoms with Crippen molar-refractivity contribution in [1.29, 1.82) is 0 Å². The third-order valence-corrected chi connectivity index (χ3v) is 3.90. The first kappa shape index (κ1) is 13.3. The van der Waals surface area contributed by atoms with E-state index in [-0.39, 0.29) is 18.2 Å². The lowest BCUT2D eigenvalue weighted by Gasteiger charge is -2.32. The minimum atomic E-state index is -2.49. The third kappa shape index (κ3) is 2.25. The van der Waals surface area contributed by atoms with E-state index in [1.165, 1.54) is 10.9 Å². The first-order valence-electron chi connectivity index (χ1n) is 6.91. The Kier molecular flexibility index (Phi) is 3.35. The topological polar surface area (TPSA) is 56.1 Å².